The quantitative estimate of drug-likeness (QED) is 0.668. The highest BCUT2D eigenvalue weighted by molar-refractivity contribution is 5.87. The molecular weight excluding hydrogens is 242 g/mol. The summed E-state index contributed by atoms with van der Waals surface area (Å²) in [5.74, 6) is 0.373. The van der Waals surface area contributed by atoms with E-state index in [9.17, 15) is 9.59 Å². The summed E-state index contributed by atoms with van der Waals surface area (Å²) in [6.45, 7) is 4.30. The van der Waals surface area contributed by atoms with Crippen LogP contribution in [0, 0.1) is 5.92 Å². The van der Waals surface area contributed by atoms with Gasteiger partial charge in [0, 0.05) is 20.0 Å². The number of rotatable bonds is 6. The van der Waals surface area contributed by atoms with E-state index < -0.39 is 6.04 Å². The Morgan fingerprint density at radius 1 is 1.21 bits per heavy atom. The van der Waals surface area contributed by atoms with Gasteiger partial charge in [-0.1, -0.05) is 19.3 Å². The molecule has 2 amide bonds. The molecule has 1 aliphatic carbocycles. The van der Waals surface area contributed by atoms with Crippen LogP contribution < -0.4 is 16.0 Å². The second kappa shape index (κ2) is 8.15. The lowest BCUT2D eigenvalue weighted by atomic mass is 9.89. The molecule has 5 nitrogen and oxygen atoms in total. The molecule has 5 heteroatoms. The van der Waals surface area contributed by atoms with Gasteiger partial charge in [-0.3, -0.25) is 9.59 Å². The van der Waals surface area contributed by atoms with E-state index in [1.54, 1.807) is 7.05 Å². The summed E-state index contributed by atoms with van der Waals surface area (Å²) < 4.78 is 0. The van der Waals surface area contributed by atoms with Gasteiger partial charge in [-0.15, -0.1) is 0 Å². The normalized spacial score (nSPS) is 19.5. The van der Waals surface area contributed by atoms with Crippen LogP contribution in [0.25, 0.3) is 0 Å². The Bertz CT molecular complexity index is 301. The number of nitrogens with one attached hydrogen (secondary N) is 3. The molecule has 0 saturated heterocycles. The van der Waals surface area contributed by atoms with Crippen LogP contribution >= 0.6 is 0 Å². The van der Waals surface area contributed by atoms with E-state index in [2.05, 4.69) is 16.0 Å². The van der Waals surface area contributed by atoms with Crippen LogP contribution in [0.15, 0.2) is 0 Å². The molecule has 1 saturated carbocycles. The van der Waals surface area contributed by atoms with Gasteiger partial charge in [0.2, 0.25) is 11.8 Å². The minimum Gasteiger partial charge on any atom is -0.357 e. The number of hydrogen-bond donors (Lipinski definition) is 3. The summed E-state index contributed by atoms with van der Waals surface area (Å²) in [6, 6.07) is -0.572. The van der Waals surface area contributed by atoms with Gasteiger partial charge in [-0.25, -0.2) is 0 Å². The molecule has 0 aromatic heterocycles. The summed E-state index contributed by atoms with van der Waals surface area (Å²) >= 11 is 0. The number of carbonyl (C=O) groups excluding carboxylic acids is 2. The Labute approximate surface area is 115 Å². The lowest BCUT2D eigenvalue weighted by Gasteiger charge is -2.28. The Balaban J connectivity index is 2.43. The molecule has 1 rings (SSSR count). The minimum atomic E-state index is -0.508. The Morgan fingerprint density at radius 3 is 2.37 bits per heavy atom. The predicted molar refractivity (Wildman–Crippen MR) is 75.7 cm³/mol. The average Bonchev–Trinajstić information content (AvgIpc) is 2.42. The monoisotopic (exact) mass is 269 g/mol. The molecule has 1 aliphatic rings. The molecule has 0 heterocycles. The first kappa shape index (κ1) is 16.0. The fourth-order valence-corrected chi connectivity index (χ4v) is 2.65. The van der Waals surface area contributed by atoms with Crippen molar-refractivity contribution in [2.45, 2.75) is 58.0 Å². The molecular formula is C14H27N3O2. The molecule has 3 N–H and O–H groups in total. The van der Waals surface area contributed by atoms with Crippen molar-refractivity contribution in [1.82, 2.24) is 16.0 Å². The number of amides is 2. The molecule has 0 aromatic rings. The van der Waals surface area contributed by atoms with E-state index in [0.717, 1.165) is 6.54 Å². The van der Waals surface area contributed by atoms with E-state index in [4.69, 9.17) is 0 Å². The summed E-state index contributed by atoms with van der Waals surface area (Å²) in [5, 5.41) is 8.70. The molecule has 0 spiro atoms. The molecule has 0 aromatic carbocycles. The van der Waals surface area contributed by atoms with Gasteiger partial charge in [0.15, 0.2) is 0 Å². The van der Waals surface area contributed by atoms with Gasteiger partial charge in [-0.2, -0.15) is 0 Å². The van der Waals surface area contributed by atoms with E-state index in [-0.39, 0.29) is 17.9 Å². The van der Waals surface area contributed by atoms with Gasteiger partial charge in [0.25, 0.3) is 0 Å². The van der Waals surface area contributed by atoms with Crippen LogP contribution in [0.1, 0.15) is 46.0 Å². The second-order valence-electron chi connectivity index (χ2n) is 5.49. The van der Waals surface area contributed by atoms with Crippen LogP contribution in [-0.2, 0) is 9.59 Å². The summed E-state index contributed by atoms with van der Waals surface area (Å²) in [7, 11) is 1.59. The largest absolute Gasteiger partial charge is 0.357 e. The van der Waals surface area contributed by atoms with Crippen LogP contribution in [0.2, 0.25) is 0 Å². The van der Waals surface area contributed by atoms with E-state index in [1.807, 2.05) is 6.92 Å². The summed E-state index contributed by atoms with van der Waals surface area (Å²) in [4.78, 5) is 22.9. The smallest absolute Gasteiger partial charge is 0.243 e. The zero-order valence-electron chi connectivity index (χ0n) is 12.3. The van der Waals surface area contributed by atoms with Crippen LogP contribution in [0.4, 0.5) is 0 Å². The van der Waals surface area contributed by atoms with Crippen molar-refractivity contribution in [2.24, 2.45) is 5.92 Å². The number of carbonyl (C=O) groups is 2. The first-order valence-electron chi connectivity index (χ1n) is 7.26. The Morgan fingerprint density at radius 2 is 1.84 bits per heavy atom. The number of likely N-dealkylation sites (N-methyl/N-ethyl adjacent to an activating group) is 1. The summed E-state index contributed by atoms with van der Waals surface area (Å²) in [5.41, 5.74) is 0. The molecule has 0 bridgehead atoms. The Hall–Kier alpha value is -1.10. The molecule has 0 aliphatic heterocycles. The molecule has 19 heavy (non-hydrogen) atoms. The lowest BCUT2D eigenvalue weighted by Crippen LogP contribution is -2.56. The molecule has 2 unspecified atom stereocenters. The highest BCUT2D eigenvalue weighted by Crippen LogP contribution is 2.22. The van der Waals surface area contributed by atoms with Crippen molar-refractivity contribution in [3.05, 3.63) is 0 Å². The van der Waals surface area contributed by atoms with Crippen molar-refractivity contribution in [3.8, 4) is 0 Å². The maximum atomic E-state index is 11.8. The summed E-state index contributed by atoms with van der Waals surface area (Å²) in [6.07, 6.45) is 6.50. The van der Waals surface area contributed by atoms with Crippen LogP contribution in [0.3, 0.4) is 0 Å². The maximum Gasteiger partial charge on any atom is 0.243 e. The third-order valence-electron chi connectivity index (χ3n) is 3.84. The fraction of sp³-hybridized carbons (Fsp3) is 0.857. The van der Waals surface area contributed by atoms with Gasteiger partial charge >= 0.3 is 0 Å². The van der Waals surface area contributed by atoms with E-state index >= 15 is 0 Å². The van der Waals surface area contributed by atoms with Gasteiger partial charge in [-0.05, 0) is 32.2 Å². The SMILES string of the molecule is CNC(=O)C(NC(C)=O)C(C)NCC1CCCCC1. The third-order valence-corrected chi connectivity index (χ3v) is 3.84. The molecule has 2 atom stereocenters. The van der Waals surface area contributed by atoms with Gasteiger partial charge in [0.05, 0.1) is 0 Å². The maximum absolute atomic E-state index is 11.8. The highest BCUT2D eigenvalue weighted by atomic mass is 16.2. The van der Waals surface area contributed by atoms with E-state index in [0.29, 0.717) is 5.92 Å². The van der Waals surface area contributed by atoms with E-state index in [1.165, 1.54) is 39.0 Å². The zero-order valence-corrected chi connectivity index (χ0v) is 12.3. The van der Waals surface area contributed by atoms with Crippen LogP contribution in [-0.4, -0.2) is 37.5 Å². The van der Waals surface area contributed by atoms with Crippen molar-refractivity contribution < 1.29 is 9.59 Å². The second-order valence-corrected chi connectivity index (χ2v) is 5.49. The third kappa shape index (κ3) is 5.59. The minimum absolute atomic E-state index is 0.0641. The average molecular weight is 269 g/mol. The van der Waals surface area contributed by atoms with Gasteiger partial charge in [0.1, 0.15) is 6.04 Å². The molecule has 0 radical (unpaired) electrons. The first-order valence-corrected chi connectivity index (χ1v) is 7.26. The van der Waals surface area contributed by atoms with Crippen molar-refractivity contribution in [3.63, 3.8) is 0 Å². The first-order chi connectivity index (χ1) is 9.04. The highest BCUT2D eigenvalue weighted by Gasteiger charge is 2.25. The van der Waals surface area contributed by atoms with Crippen molar-refractivity contribution in [2.75, 3.05) is 13.6 Å². The predicted octanol–water partition coefficient (Wildman–Crippen LogP) is 0.795. The standard InChI is InChI=1S/C14H27N3O2/c1-10(13(14(19)15-3)17-11(2)18)16-9-12-7-5-4-6-8-12/h10,12-13,16H,4-9H2,1-3H3,(H,15,19)(H,17,18). The van der Waals surface area contributed by atoms with Gasteiger partial charge < -0.3 is 16.0 Å². The fourth-order valence-electron chi connectivity index (χ4n) is 2.65. The number of hydrogen-bond acceptors (Lipinski definition) is 3. The molecule has 1 fully saturated rings. The van der Waals surface area contributed by atoms with Crippen LogP contribution in [0.5, 0.6) is 0 Å². The molecule has 110 valence electrons. The Kier molecular flexibility index (Phi) is 6.84. The van der Waals surface area contributed by atoms with Crippen molar-refractivity contribution in [1.29, 1.82) is 0 Å². The van der Waals surface area contributed by atoms with Crippen molar-refractivity contribution >= 4 is 11.8 Å². The lowest BCUT2D eigenvalue weighted by molar-refractivity contribution is -0.128. The zero-order chi connectivity index (χ0) is 14.3. The topological polar surface area (TPSA) is 70.2 Å².